The quantitative estimate of drug-likeness (QED) is 0.437. The van der Waals surface area contributed by atoms with E-state index in [1.807, 2.05) is 0 Å². The van der Waals surface area contributed by atoms with Crippen molar-refractivity contribution in [3.05, 3.63) is 34.4 Å². The summed E-state index contributed by atoms with van der Waals surface area (Å²) in [5.74, 6) is 2.31. The number of rotatable bonds is 7. The average molecular weight is 306 g/mol. The number of unbranched alkanes of at least 4 members (excludes halogenated alkanes) is 1. The fourth-order valence-electron chi connectivity index (χ4n) is 3.27. The van der Waals surface area contributed by atoms with Gasteiger partial charge in [-0.25, -0.2) is 0 Å². The number of piperidine rings is 1. The molecule has 5 nitrogen and oxygen atoms in total. The van der Waals surface area contributed by atoms with Crippen LogP contribution >= 0.6 is 0 Å². The first kappa shape index (κ1) is 16.7. The van der Waals surface area contributed by atoms with Crippen LogP contribution in [0.4, 0.5) is 5.69 Å². The van der Waals surface area contributed by atoms with Gasteiger partial charge in [0.2, 0.25) is 0 Å². The molecule has 0 amide bonds. The van der Waals surface area contributed by atoms with Crippen molar-refractivity contribution in [2.75, 3.05) is 26.2 Å². The van der Waals surface area contributed by atoms with Gasteiger partial charge in [0.25, 0.3) is 5.69 Å². The SMILES string of the molecule is C[C@@H]1C[C@H](C)CN(CCCCOc2ccc([N+](=O)[O-])cc2)C1. The van der Waals surface area contributed by atoms with Crippen molar-refractivity contribution < 1.29 is 9.66 Å². The van der Waals surface area contributed by atoms with E-state index in [9.17, 15) is 10.1 Å². The highest BCUT2D eigenvalue weighted by Gasteiger charge is 2.20. The van der Waals surface area contributed by atoms with E-state index in [1.165, 1.54) is 31.6 Å². The van der Waals surface area contributed by atoms with Gasteiger partial charge in [-0.05, 0) is 49.8 Å². The summed E-state index contributed by atoms with van der Waals surface area (Å²) < 4.78 is 5.63. The average Bonchev–Trinajstić information content (AvgIpc) is 2.46. The Labute approximate surface area is 132 Å². The molecule has 0 saturated carbocycles. The molecule has 2 rings (SSSR count). The highest BCUT2D eigenvalue weighted by Crippen LogP contribution is 2.21. The normalized spacial score (nSPS) is 22.5. The highest BCUT2D eigenvalue weighted by molar-refractivity contribution is 5.35. The van der Waals surface area contributed by atoms with Gasteiger partial charge in [-0.3, -0.25) is 10.1 Å². The first-order valence-corrected chi connectivity index (χ1v) is 8.14. The smallest absolute Gasteiger partial charge is 0.269 e. The van der Waals surface area contributed by atoms with Crippen molar-refractivity contribution in [3.63, 3.8) is 0 Å². The Bertz CT molecular complexity index is 465. The van der Waals surface area contributed by atoms with Crippen LogP contribution in [0.2, 0.25) is 0 Å². The van der Waals surface area contributed by atoms with Crippen LogP contribution in [0.1, 0.15) is 33.1 Å². The Hall–Kier alpha value is -1.62. The number of likely N-dealkylation sites (tertiary alicyclic amines) is 1. The summed E-state index contributed by atoms with van der Waals surface area (Å²) in [6.45, 7) is 8.90. The molecule has 0 radical (unpaired) electrons. The largest absolute Gasteiger partial charge is 0.494 e. The summed E-state index contributed by atoms with van der Waals surface area (Å²) in [6, 6.07) is 6.27. The standard InChI is InChI=1S/C17H26N2O3/c1-14-11-15(2)13-18(12-14)9-3-4-10-22-17-7-5-16(6-8-17)19(20)21/h5-8,14-15H,3-4,9-13H2,1-2H3/t14-,15+. The van der Waals surface area contributed by atoms with Crippen LogP contribution in [0.15, 0.2) is 24.3 Å². The monoisotopic (exact) mass is 306 g/mol. The second-order valence-electron chi connectivity index (χ2n) is 6.51. The van der Waals surface area contributed by atoms with E-state index in [-0.39, 0.29) is 5.69 Å². The van der Waals surface area contributed by atoms with E-state index in [0.29, 0.717) is 12.4 Å². The van der Waals surface area contributed by atoms with Crippen LogP contribution in [-0.2, 0) is 0 Å². The zero-order valence-electron chi connectivity index (χ0n) is 13.5. The van der Waals surface area contributed by atoms with Crippen molar-refractivity contribution in [1.29, 1.82) is 0 Å². The molecule has 122 valence electrons. The van der Waals surface area contributed by atoms with E-state index in [2.05, 4.69) is 18.7 Å². The molecule has 0 aromatic heterocycles. The van der Waals surface area contributed by atoms with Crippen molar-refractivity contribution in [2.45, 2.75) is 33.1 Å². The molecule has 1 fully saturated rings. The summed E-state index contributed by atoms with van der Waals surface area (Å²) in [6.07, 6.45) is 3.49. The van der Waals surface area contributed by atoms with Gasteiger partial charge < -0.3 is 9.64 Å². The molecular weight excluding hydrogens is 280 g/mol. The molecule has 0 spiro atoms. The highest BCUT2D eigenvalue weighted by atomic mass is 16.6. The Kier molecular flexibility index (Phi) is 6.19. The number of hydrogen-bond donors (Lipinski definition) is 0. The molecule has 1 heterocycles. The van der Waals surface area contributed by atoms with Crippen LogP contribution in [0.25, 0.3) is 0 Å². The summed E-state index contributed by atoms with van der Waals surface area (Å²) in [5, 5.41) is 10.6. The first-order valence-electron chi connectivity index (χ1n) is 8.14. The molecule has 1 aromatic rings. The van der Waals surface area contributed by atoms with Gasteiger partial charge in [0.1, 0.15) is 5.75 Å². The van der Waals surface area contributed by atoms with E-state index in [0.717, 1.165) is 31.2 Å². The topological polar surface area (TPSA) is 55.6 Å². The number of nitro benzene ring substituents is 1. The second kappa shape index (κ2) is 8.13. The molecule has 1 aliphatic heterocycles. The van der Waals surface area contributed by atoms with Crippen molar-refractivity contribution >= 4 is 5.69 Å². The van der Waals surface area contributed by atoms with Gasteiger partial charge in [-0.1, -0.05) is 13.8 Å². The van der Waals surface area contributed by atoms with Gasteiger partial charge >= 0.3 is 0 Å². The maximum absolute atomic E-state index is 10.6. The van der Waals surface area contributed by atoms with Gasteiger partial charge in [0, 0.05) is 25.2 Å². The Balaban J connectivity index is 1.62. The predicted octanol–water partition coefficient (Wildman–Crippen LogP) is 3.73. The zero-order valence-corrected chi connectivity index (χ0v) is 13.5. The lowest BCUT2D eigenvalue weighted by atomic mass is 9.92. The maximum Gasteiger partial charge on any atom is 0.269 e. The van der Waals surface area contributed by atoms with Crippen molar-refractivity contribution in [3.8, 4) is 5.75 Å². The fraction of sp³-hybridized carbons (Fsp3) is 0.647. The number of nitrogens with zero attached hydrogens (tertiary/aromatic N) is 2. The lowest BCUT2D eigenvalue weighted by molar-refractivity contribution is -0.384. The molecule has 0 unspecified atom stereocenters. The second-order valence-corrected chi connectivity index (χ2v) is 6.51. The van der Waals surface area contributed by atoms with Crippen LogP contribution in [-0.4, -0.2) is 36.1 Å². The van der Waals surface area contributed by atoms with Crippen LogP contribution in [0, 0.1) is 22.0 Å². The van der Waals surface area contributed by atoms with Gasteiger partial charge in [-0.2, -0.15) is 0 Å². The number of benzene rings is 1. The summed E-state index contributed by atoms with van der Waals surface area (Å²) >= 11 is 0. The zero-order chi connectivity index (χ0) is 15.9. The molecule has 0 bridgehead atoms. The summed E-state index contributed by atoms with van der Waals surface area (Å²) in [7, 11) is 0. The summed E-state index contributed by atoms with van der Waals surface area (Å²) in [4.78, 5) is 12.7. The molecule has 0 N–H and O–H groups in total. The third-order valence-corrected chi connectivity index (χ3v) is 4.13. The Morgan fingerprint density at radius 1 is 1.18 bits per heavy atom. The van der Waals surface area contributed by atoms with E-state index < -0.39 is 4.92 Å². The molecule has 1 saturated heterocycles. The molecule has 1 aliphatic rings. The Morgan fingerprint density at radius 3 is 2.41 bits per heavy atom. The minimum Gasteiger partial charge on any atom is -0.494 e. The lowest BCUT2D eigenvalue weighted by Crippen LogP contribution is -2.39. The maximum atomic E-state index is 10.6. The molecule has 0 aliphatic carbocycles. The minimum atomic E-state index is -0.398. The number of ether oxygens (including phenoxy) is 1. The number of non-ortho nitro benzene ring substituents is 1. The number of hydrogen-bond acceptors (Lipinski definition) is 4. The Morgan fingerprint density at radius 2 is 1.82 bits per heavy atom. The van der Waals surface area contributed by atoms with Gasteiger partial charge in [-0.15, -0.1) is 0 Å². The van der Waals surface area contributed by atoms with Gasteiger partial charge in [0.05, 0.1) is 11.5 Å². The minimum absolute atomic E-state index is 0.0979. The van der Waals surface area contributed by atoms with E-state index >= 15 is 0 Å². The fourth-order valence-corrected chi connectivity index (χ4v) is 3.27. The van der Waals surface area contributed by atoms with Gasteiger partial charge in [0.15, 0.2) is 0 Å². The molecule has 2 atom stereocenters. The molecular formula is C17H26N2O3. The molecule has 5 heteroatoms. The van der Waals surface area contributed by atoms with E-state index in [1.54, 1.807) is 12.1 Å². The van der Waals surface area contributed by atoms with Crippen LogP contribution < -0.4 is 4.74 Å². The molecule has 1 aromatic carbocycles. The molecule has 22 heavy (non-hydrogen) atoms. The van der Waals surface area contributed by atoms with Crippen LogP contribution in [0.5, 0.6) is 5.75 Å². The third-order valence-electron chi connectivity index (χ3n) is 4.13. The number of nitro groups is 1. The lowest BCUT2D eigenvalue weighted by Gasteiger charge is -2.34. The van der Waals surface area contributed by atoms with E-state index in [4.69, 9.17) is 4.74 Å². The van der Waals surface area contributed by atoms with Crippen molar-refractivity contribution in [2.24, 2.45) is 11.8 Å². The summed E-state index contributed by atoms with van der Waals surface area (Å²) in [5.41, 5.74) is 0.0979. The first-order chi connectivity index (χ1) is 10.5. The third kappa shape index (κ3) is 5.30. The predicted molar refractivity (Wildman–Crippen MR) is 87.2 cm³/mol. The van der Waals surface area contributed by atoms with Crippen LogP contribution in [0.3, 0.4) is 0 Å². The van der Waals surface area contributed by atoms with Crippen molar-refractivity contribution in [1.82, 2.24) is 4.90 Å².